The van der Waals surface area contributed by atoms with E-state index in [0.717, 1.165) is 37.5 Å². The van der Waals surface area contributed by atoms with E-state index in [0.29, 0.717) is 5.92 Å². The average molecular weight is 412 g/mol. The monoisotopic (exact) mass is 411 g/mol. The quantitative estimate of drug-likeness (QED) is 0.714. The summed E-state index contributed by atoms with van der Waals surface area (Å²) < 4.78 is 0. The maximum atomic E-state index is 12.6. The van der Waals surface area contributed by atoms with Crippen molar-refractivity contribution in [3.63, 3.8) is 0 Å². The second-order valence-corrected chi connectivity index (χ2v) is 10.0. The first-order valence-electron chi connectivity index (χ1n) is 10.5. The number of likely N-dealkylation sites (tertiary alicyclic amines) is 1. The Balaban J connectivity index is 1.60. The van der Waals surface area contributed by atoms with E-state index >= 15 is 0 Å². The summed E-state index contributed by atoms with van der Waals surface area (Å²) in [5.41, 5.74) is 2.25. The number of carbonyl (C=O) groups is 1. The molecule has 0 saturated carbocycles. The van der Waals surface area contributed by atoms with Crippen LogP contribution in [0.2, 0.25) is 0 Å². The summed E-state index contributed by atoms with van der Waals surface area (Å²) >= 11 is 1.64. The Morgan fingerprint density at radius 3 is 2.55 bits per heavy atom. The van der Waals surface area contributed by atoms with Crippen LogP contribution < -0.4 is 5.32 Å². The Hall–Kier alpha value is -1.98. The Bertz CT molecular complexity index is 800. The van der Waals surface area contributed by atoms with Crippen LogP contribution in [0, 0.1) is 11.3 Å². The van der Waals surface area contributed by atoms with Crippen LogP contribution in [0.1, 0.15) is 57.1 Å². The molecular formula is C24H33N3OS. The number of nitrogens with zero attached hydrogens (tertiary/aromatic N) is 2. The van der Waals surface area contributed by atoms with E-state index in [1.54, 1.807) is 11.3 Å². The summed E-state index contributed by atoms with van der Waals surface area (Å²) in [4.78, 5) is 19.7. The minimum atomic E-state index is -0.393. The molecule has 1 aromatic carbocycles. The predicted octanol–water partition coefficient (Wildman–Crippen LogP) is 5.16. The molecular weight excluding hydrogens is 378 g/mol. The molecule has 1 amide bonds. The second-order valence-electron chi connectivity index (χ2n) is 9.09. The van der Waals surface area contributed by atoms with Crippen molar-refractivity contribution in [3.8, 4) is 0 Å². The Labute approximate surface area is 179 Å². The summed E-state index contributed by atoms with van der Waals surface area (Å²) in [5, 5.41) is 6.32. The third-order valence-corrected chi connectivity index (χ3v) is 6.33. The fourth-order valence-corrected chi connectivity index (χ4v) is 4.58. The molecule has 0 radical (unpaired) electrons. The first-order chi connectivity index (χ1) is 13.8. The summed E-state index contributed by atoms with van der Waals surface area (Å²) in [6.45, 7) is 11.2. The number of hydrogen-bond donors (Lipinski definition) is 1. The molecule has 1 atom stereocenters. The van der Waals surface area contributed by atoms with Crippen molar-refractivity contribution in [2.75, 3.05) is 19.6 Å². The molecule has 1 aromatic heterocycles. The molecule has 2 aromatic rings. The highest BCUT2D eigenvalue weighted by atomic mass is 32.1. The molecule has 1 aliphatic rings. The fraction of sp³-hybridized carbons (Fsp3) is 0.500. The zero-order chi connectivity index (χ0) is 20.9. The topological polar surface area (TPSA) is 45.2 Å². The van der Waals surface area contributed by atoms with Crippen molar-refractivity contribution in [1.82, 2.24) is 15.2 Å². The van der Waals surface area contributed by atoms with Gasteiger partial charge in [-0.15, -0.1) is 11.3 Å². The van der Waals surface area contributed by atoms with Crippen molar-refractivity contribution in [3.05, 3.63) is 58.1 Å². The van der Waals surface area contributed by atoms with Gasteiger partial charge in [0.1, 0.15) is 5.01 Å². The molecule has 1 fully saturated rings. The van der Waals surface area contributed by atoms with Gasteiger partial charge in [-0.1, -0.05) is 62.8 Å². The van der Waals surface area contributed by atoms with Crippen LogP contribution in [-0.4, -0.2) is 35.4 Å². The number of carbonyl (C=O) groups excluding carboxylic acids is 1. The highest BCUT2D eigenvalue weighted by Crippen LogP contribution is 2.33. The largest absolute Gasteiger partial charge is 0.346 e. The number of aromatic nitrogens is 1. The van der Waals surface area contributed by atoms with Crippen LogP contribution in [-0.2, 0) is 4.79 Å². The van der Waals surface area contributed by atoms with Crippen LogP contribution in [0.5, 0.6) is 0 Å². The van der Waals surface area contributed by atoms with E-state index in [9.17, 15) is 4.79 Å². The van der Waals surface area contributed by atoms with Crippen molar-refractivity contribution in [2.45, 2.75) is 46.6 Å². The lowest BCUT2D eigenvalue weighted by Crippen LogP contribution is -2.44. The van der Waals surface area contributed by atoms with E-state index in [2.05, 4.69) is 58.5 Å². The summed E-state index contributed by atoms with van der Waals surface area (Å²) in [5.74, 6) is 0.531. The van der Waals surface area contributed by atoms with Gasteiger partial charge in [-0.3, -0.25) is 9.69 Å². The van der Waals surface area contributed by atoms with Gasteiger partial charge in [0.25, 0.3) is 0 Å². The molecule has 156 valence electrons. The predicted molar refractivity (Wildman–Crippen MR) is 122 cm³/mol. The Kier molecular flexibility index (Phi) is 7.25. The average Bonchev–Trinajstić information content (AvgIpc) is 3.21. The lowest BCUT2D eigenvalue weighted by Gasteiger charge is -2.36. The molecule has 3 rings (SSSR count). The maximum Gasteiger partial charge on any atom is 0.225 e. The third kappa shape index (κ3) is 6.25. The van der Waals surface area contributed by atoms with Crippen LogP contribution >= 0.6 is 11.3 Å². The SMILES string of the molecule is C/C(=C\c1ccccc1)CN1CCC(C(NC(=O)C(C)(C)C)c2nccs2)CC1. The molecule has 0 aliphatic carbocycles. The van der Waals surface area contributed by atoms with Crippen LogP contribution in [0.25, 0.3) is 6.08 Å². The van der Waals surface area contributed by atoms with Crippen molar-refractivity contribution >= 4 is 23.3 Å². The Morgan fingerprint density at radius 1 is 1.28 bits per heavy atom. The van der Waals surface area contributed by atoms with E-state index in [1.165, 1.54) is 11.1 Å². The van der Waals surface area contributed by atoms with Crippen LogP contribution in [0.3, 0.4) is 0 Å². The molecule has 0 bridgehead atoms. The van der Waals surface area contributed by atoms with E-state index in [-0.39, 0.29) is 11.9 Å². The van der Waals surface area contributed by atoms with Gasteiger partial charge < -0.3 is 5.32 Å². The summed E-state index contributed by atoms with van der Waals surface area (Å²) in [6.07, 6.45) is 6.26. The smallest absolute Gasteiger partial charge is 0.225 e. The van der Waals surface area contributed by atoms with Gasteiger partial charge in [0.05, 0.1) is 6.04 Å². The van der Waals surface area contributed by atoms with Gasteiger partial charge in [-0.2, -0.15) is 0 Å². The van der Waals surface area contributed by atoms with Gasteiger partial charge in [-0.25, -0.2) is 4.98 Å². The van der Waals surface area contributed by atoms with E-state index < -0.39 is 5.41 Å². The minimum Gasteiger partial charge on any atom is -0.346 e. The first kappa shape index (κ1) is 21.7. The molecule has 1 unspecified atom stereocenters. The van der Waals surface area contributed by atoms with Crippen molar-refractivity contribution in [2.24, 2.45) is 11.3 Å². The normalized spacial score (nSPS) is 17.9. The number of rotatable bonds is 6. The highest BCUT2D eigenvalue weighted by Gasteiger charge is 2.33. The van der Waals surface area contributed by atoms with Gasteiger partial charge in [0.2, 0.25) is 5.91 Å². The van der Waals surface area contributed by atoms with Crippen molar-refractivity contribution < 1.29 is 4.79 Å². The second kappa shape index (κ2) is 9.68. The molecule has 2 heterocycles. The Morgan fingerprint density at radius 2 is 1.97 bits per heavy atom. The molecule has 5 heteroatoms. The zero-order valence-corrected chi connectivity index (χ0v) is 18.8. The van der Waals surface area contributed by atoms with Gasteiger partial charge in [-0.05, 0) is 44.3 Å². The minimum absolute atomic E-state index is 0.0184. The molecule has 1 saturated heterocycles. The summed E-state index contributed by atoms with van der Waals surface area (Å²) in [6, 6.07) is 10.5. The first-order valence-corrected chi connectivity index (χ1v) is 11.4. The van der Waals surface area contributed by atoms with Gasteiger partial charge in [0.15, 0.2) is 0 Å². The zero-order valence-electron chi connectivity index (χ0n) is 18.0. The third-order valence-electron chi connectivity index (χ3n) is 5.47. The maximum absolute atomic E-state index is 12.6. The molecule has 0 spiro atoms. The number of hydrogen-bond acceptors (Lipinski definition) is 4. The number of nitrogens with one attached hydrogen (secondary N) is 1. The summed E-state index contributed by atoms with van der Waals surface area (Å²) in [7, 11) is 0. The van der Waals surface area contributed by atoms with Gasteiger partial charge >= 0.3 is 0 Å². The molecule has 1 N–H and O–H groups in total. The molecule has 4 nitrogen and oxygen atoms in total. The number of piperidine rings is 1. The number of benzene rings is 1. The van der Waals surface area contributed by atoms with Crippen molar-refractivity contribution in [1.29, 1.82) is 0 Å². The molecule has 1 aliphatic heterocycles. The van der Waals surface area contributed by atoms with Crippen LogP contribution in [0.4, 0.5) is 0 Å². The fourth-order valence-electron chi connectivity index (χ4n) is 3.80. The number of amides is 1. The van der Waals surface area contributed by atoms with E-state index in [4.69, 9.17) is 0 Å². The van der Waals surface area contributed by atoms with Crippen LogP contribution in [0.15, 0.2) is 47.5 Å². The highest BCUT2D eigenvalue weighted by molar-refractivity contribution is 7.09. The molecule has 29 heavy (non-hydrogen) atoms. The lowest BCUT2D eigenvalue weighted by molar-refractivity contribution is -0.129. The number of thiazole rings is 1. The van der Waals surface area contributed by atoms with E-state index in [1.807, 2.05) is 32.3 Å². The van der Waals surface area contributed by atoms with Gasteiger partial charge in [0, 0.05) is 23.5 Å². The standard InChI is InChI=1S/C24H33N3OS/c1-18(16-19-8-6-5-7-9-19)17-27-13-10-20(11-14-27)21(22-25-12-15-29-22)26-23(28)24(2,3)4/h5-9,12,15-16,20-21H,10-11,13-14,17H2,1-4H3,(H,26,28)/b18-16+. The lowest BCUT2D eigenvalue weighted by atomic mass is 9.87.